The van der Waals surface area contributed by atoms with Gasteiger partial charge in [0.15, 0.2) is 0 Å². The molecule has 1 aliphatic heterocycles. The number of carbonyl (C=O) groups excluding carboxylic acids is 2. The first-order valence-corrected chi connectivity index (χ1v) is 10.1. The Labute approximate surface area is 176 Å². The van der Waals surface area contributed by atoms with Gasteiger partial charge in [0.2, 0.25) is 11.7 Å². The van der Waals surface area contributed by atoms with Gasteiger partial charge in [-0.3, -0.25) is 9.59 Å². The second-order valence-corrected chi connectivity index (χ2v) is 8.03. The van der Waals surface area contributed by atoms with Crippen LogP contribution in [0.25, 0.3) is 11.0 Å². The molecule has 0 unspecified atom stereocenters. The van der Waals surface area contributed by atoms with Gasteiger partial charge in [-0.25, -0.2) is 0 Å². The molecule has 0 bridgehead atoms. The zero-order valence-corrected chi connectivity index (χ0v) is 17.1. The fraction of sp³-hybridized carbons (Fsp3) is 0.429. The number of benzene rings is 1. The van der Waals surface area contributed by atoms with Crippen molar-refractivity contribution in [1.29, 1.82) is 0 Å². The lowest BCUT2D eigenvalue weighted by molar-refractivity contribution is -0.137. The first kappa shape index (κ1) is 20.8. The van der Waals surface area contributed by atoms with E-state index >= 15 is 0 Å². The second kappa shape index (κ2) is 7.34. The van der Waals surface area contributed by atoms with Crippen LogP contribution < -0.4 is 0 Å². The molecule has 0 spiro atoms. The number of nitrogens with zero attached hydrogens (tertiary/aromatic N) is 2. The van der Waals surface area contributed by atoms with E-state index in [0.29, 0.717) is 17.7 Å². The molecule has 2 amide bonds. The number of halogens is 4. The number of hydrogen-bond donors (Lipinski definition) is 0. The number of furan rings is 1. The van der Waals surface area contributed by atoms with Crippen molar-refractivity contribution in [1.82, 2.24) is 9.80 Å². The number of rotatable bonds is 4. The Kier molecular flexibility index (Phi) is 5.08. The van der Waals surface area contributed by atoms with Crippen molar-refractivity contribution in [3.8, 4) is 0 Å². The molecular formula is C21H20ClF3N2O3. The van der Waals surface area contributed by atoms with Crippen LogP contribution in [0.15, 0.2) is 28.8 Å². The van der Waals surface area contributed by atoms with Gasteiger partial charge in [0, 0.05) is 24.2 Å². The molecule has 2 fully saturated rings. The minimum absolute atomic E-state index is 0.0676. The van der Waals surface area contributed by atoms with Gasteiger partial charge in [0.25, 0.3) is 5.91 Å². The van der Waals surface area contributed by atoms with Crippen molar-refractivity contribution in [2.45, 2.75) is 38.3 Å². The van der Waals surface area contributed by atoms with E-state index in [2.05, 4.69) is 6.58 Å². The molecular weight excluding hydrogens is 421 g/mol. The SMILES string of the molecule is C=C(CC)N1CCN(C(=O)c2oc3c(C(F)(F)F)cc(C4CC4)cc3c2Cl)CC1=O. The lowest BCUT2D eigenvalue weighted by atomic mass is 10.0. The molecule has 1 aromatic carbocycles. The van der Waals surface area contributed by atoms with Crippen LogP contribution in [0.5, 0.6) is 0 Å². The first-order valence-electron chi connectivity index (χ1n) is 9.72. The van der Waals surface area contributed by atoms with Gasteiger partial charge in [-0.1, -0.05) is 25.1 Å². The van der Waals surface area contributed by atoms with Crippen LogP contribution in [-0.4, -0.2) is 41.2 Å². The Bertz CT molecular complexity index is 1060. The fourth-order valence-corrected chi connectivity index (χ4v) is 3.97. The van der Waals surface area contributed by atoms with Crippen molar-refractivity contribution in [3.05, 3.63) is 46.3 Å². The summed E-state index contributed by atoms with van der Waals surface area (Å²) in [6.45, 7) is 5.95. The Balaban J connectivity index is 1.70. The van der Waals surface area contributed by atoms with Crippen LogP contribution in [0.3, 0.4) is 0 Å². The number of hydrogen-bond acceptors (Lipinski definition) is 3. The summed E-state index contributed by atoms with van der Waals surface area (Å²) in [6, 6.07) is 2.64. The van der Waals surface area contributed by atoms with E-state index in [1.807, 2.05) is 6.92 Å². The van der Waals surface area contributed by atoms with Crippen LogP contribution >= 0.6 is 11.6 Å². The highest BCUT2D eigenvalue weighted by Gasteiger charge is 2.39. The third-order valence-electron chi connectivity index (χ3n) is 5.60. The summed E-state index contributed by atoms with van der Waals surface area (Å²) in [6.07, 6.45) is -2.41. The molecule has 1 saturated carbocycles. The summed E-state index contributed by atoms with van der Waals surface area (Å²) in [5.74, 6) is -1.31. The van der Waals surface area contributed by atoms with Gasteiger partial charge in [-0.15, -0.1) is 0 Å². The molecule has 2 aromatic rings. The maximum absolute atomic E-state index is 13.6. The minimum Gasteiger partial charge on any atom is -0.449 e. The first-order chi connectivity index (χ1) is 14.1. The van der Waals surface area contributed by atoms with Crippen molar-refractivity contribution in [3.63, 3.8) is 0 Å². The van der Waals surface area contributed by atoms with Gasteiger partial charge in [0.1, 0.15) is 12.1 Å². The lowest BCUT2D eigenvalue weighted by Crippen LogP contribution is -2.51. The van der Waals surface area contributed by atoms with E-state index in [4.69, 9.17) is 16.0 Å². The molecule has 0 N–H and O–H groups in total. The van der Waals surface area contributed by atoms with Crippen LogP contribution in [-0.2, 0) is 11.0 Å². The average Bonchev–Trinajstić information content (AvgIpc) is 3.49. The van der Waals surface area contributed by atoms with Gasteiger partial charge >= 0.3 is 6.18 Å². The third-order valence-corrected chi connectivity index (χ3v) is 5.97. The number of alkyl halides is 3. The predicted octanol–water partition coefficient (Wildman–Crippen LogP) is 5.19. The van der Waals surface area contributed by atoms with E-state index in [-0.39, 0.29) is 47.6 Å². The molecule has 0 atom stereocenters. The zero-order chi connectivity index (χ0) is 21.8. The lowest BCUT2D eigenvalue weighted by Gasteiger charge is -2.34. The highest BCUT2D eigenvalue weighted by Crippen LogP contribution is 2.46. The van der Waals surface area contributed by atoms with E-state index in [1.165, 1.54) is 9.80 Å². The topological polar surface area (TPSA) is 53.8 Å². The molecule has 1 saturated heterocycles. The highest BCUT2D eigenvalue weighted by atomic mass is 35.5. The molecule has 5 nitrogen and oxygen atoms in total. The largest absolute Gasteiger partial charge is 0.449 e. The van der Waals surface area contributed by atoms with Gasteiger partial charge < -0.3 is 14.2 Å². The van der Waals surface area contributed by atoms with E-state index in [9.17, 15) is 22.8 Å². The number of carbonyl (C=O) groups is 2. The Hall–Kier alpha value is -2.48. The highest BCUT2D eigenvalue weighted by molar-refractivity contribution is 6.38. The molecule has 4 rings (SSSR count). The van der Waals surface area contributed by atoms with Crippen molar-refractivity contribution in [2.75, 3.05) is 19.6 Å². The zero-order valence-electron chi connectivity index (χ0n) is 16.3. The Morgan fingerprint density at radius 3 is 2.57 bits per heavy atom. The number of piperazine rings is 1. The normalized spacial score (nSPS) is 17.7. The summed E-state index contributed by atoms with van der Waals surface area (Å²) in [4.78, 5) is 28.1. The Morgan fingerprint density at radius 1 is 1.30 bits per heavy atom. The molecule has 2 aliphatic rings. The van der Waals surface area contributed by atoms with Crippen molar-refractivity contribution < 1.29 is 27.2 Å². The summed E-state index contributed by atoms with van der Waals surface area (Å²) in [7, 11) is 0. The third kappa shape index (κ3) is 3.57. The maximum atomic E-state index is 13.6. The Morgan fingerprint density at radius 2 is 2.00 bits per heavy atom. The van der Waals surface area contributed by atoms with E-state index in [1.54, 1.807) is 6.07 Å². The number of fused-ring (bicyclic) bond motifs is 1. The molecule has 0 radical (unpaired) electrons. The molecule has 1 aliphatic carbocycles. The summed E-state index contributed by atoms with van der Waals surface area (Å²) in [5, 5.41) is -0.0862. The maximum Gasteiger partial charge on any atom is 0.420 e. The summed E-state index contributed by atoms with van der Waals surface area (Å²) in [5.41, 5.74) is -0.206. The molecule has 160 valence electrons. The van der Waals surface area contributed by atoms with Gasteiger partial charge in [-0.2, -0.15) is 13.2 Å². The van der Waals surface area contributed by atoms with Crippen LogP contribution in [0.2, 0.25) is 5.02 Å². The van der Waals surface area contributed by atoms with Crippen molar-refractivity contribution in [2.24, 2.45) is 0 Å². The standard InChI is InChI=1S/C21H20ClF3N2O3/c1-3-11(2)27-7-6-26(10-16(27)28)20(29)19-17(22)14-8-13(12-4-5-12)9-15(18(14)30-19)21(23,24)25/h8-9,12H,2-7,10H2,1H3. The fourth-order valence-electron chi connectivity index (χ4n) is 3.71. The molecule has 9 heteroatoms. The number of amides is 2. The molecule has 1 aromatic heterocycles. The quantitative estimate of drug-likeness (QED) is 0.657. The van der Waals surface area contributed by atoms with Crippen LogP contribution in [0.4, 0.5) is 13.2 Å². The summed E-state index contributed by atoms with van der Waals surface area (Å²) < 4.78 is 46.2. The monoisotopic (exact) mass is 440 g/mol. The molecule has 30 heavy (non-hydrogen) atoms. The van der Waals surface area contributed by atoms with Crippen LogP contribution in [0, 0.1) is 0 Å². The average molecular weight is 441 g/mol. The summed E-state index contributed by atoms with van der Waals surface area (Å²) >= 11 is 6.31. The van der Waals surface area contributed by atoms with Gasteiger partial charge in [-0.05, 0) is 42.9 Å². The second-order valence-electron chi connectivity index (χ2n) is 7.65. The smallest absolute Gasteiger partial charge is 0.420 e. The predicted molar refractivity (Wildman–Crippen MR) is 105 cm³/mol. The van der Waals surface area contributed by atoms with Gasteiger partial charge in [0.05, 0.1) is 10.6 Å². The van der Waals surface area contributed by atoms with E-state index < -0.39 is 23.2 Å². The minimum atomic E-state index is -4.65. The van der Waals surface area contributed by atoms with E-state index in [0.717, 1.165) is 18.9 Å². The molecule has 2 heterocycles. The number of allylic oxidation sites excluding steroid dienone is 1. The van der Waals surface area contributed by atoms with Crippen LogP contribution in [0.1, 0.15) is 53.8 Å². The van der Waals surface area contributed by atoms with Crippen molar-refractivity contribution >= 4 is 34.4 Å².